The van der Waals surface area contributed by atoms with Crippen LogP contribution < -0.4 is 0 Å². The van der Waals surface area contributed by atoms with E-state index in [2.05, 4.69) is 36.4 Å². The van der Waals surface area contributed by atoms with Crippen molar-refractivity contribution in [3.8, 4) is 11.1 Å². The van der Waals surface area contributed by atoms with E-state index in [-0.39, 0.29) is 0 Å². The van der Waals surface area contributed by atoms with Crippen LogP contribution in [0.1, 0.15) is 34.4 Å². The zero-order chi connectivity index (χ0) is 19.6. The van der Waals surface area contributed by atoms with Crippen LogP contribution in [0.2, 0.25) is 0 Å². The summed E-state index contributed by atoms with van der Waals surface area (Å²) in [6, 6.07) is 36.2. The summed E-state index contributed by atoms with van der Waals surface area (Å²) < 4.78 is 0. The van der Waals surface area contributed by atoms with Crippen LogP contribution in [0.25, 0.3) is 11.1 Å². The molecule has 4 aromatic rings. The summed E-state index contributed by atoms with van der Waals surface area (Å²) in [4.78, 5) is 5.17. The maximum absolute atomic E-state index is 11.3. The molecule has 0 aliphatic heterocycles. The van der Waals surface area contributed by atoms with Gasteiger partial charge in [-0.15, -0.1) is 0 Å². The topological polar surface area (TPSA) is 32.6 Å². The van der Waals surface area contributed by atoms with Crippen molar-refractivity contribution in [2.75, 3.05) is 0 Å². The first kappa shape index (κ1) is 17.6. The lowest BCUT2D eigenvalue weighted by Gasteiger charge is -2.21. The first-order chi connectivity index (χ1) is 14.3. The molecule has 1 aliphatic rings. The van der Waals surface area contributed by atoms with Gasteiger partial charge in [-0.05, 0) is 22.3 Å². The second-order valence-electron chi connectivity index (χ2n) is 7.28. The summed E-state index contributed by atoms with van der Waals surface area (Å²) in [5.74, 6) is 0. The van der Waals surface area contributed by atoms with Crippen LogP contribution in [-0.4, -0.2) is 10.8 Å². The molecule has 2 atom stereocenters. The van der Waals surface area contributed by atoms with Crippen molar-refractivity contribution in [2.24, 2.45) is 4.99 Å². The zero-order valence-corrected chi connectivity index (χ0v) is 15.9. The molecule has 140 valence electrons. The Kier molecular flexibility index (Phi) is 4.55. The summed E-state index contributed by atoms with van der Waals surface area (Å²) >= 11 is 0. The minimum Gasteiger partial charge on any atom is -0.386 e. The minimum absolute atomic E-state index is 0.396. The van der Waals surface area contributed by atoms with Gasteiger partial charge in [-0.1, -0.05) is 109 Å². The third-order valence-corrected chi connectivity index (χ3v) is 5.50. The lowest BCUT2D eigenvalue weighted by atomic mass is 9.95. The van der Waals surface area contributed by atoms with E-state index in [1.165, 1.54) is 11.1 Å². The minimum atomic E-state index is -0.731. The average Bonchev–Trinajstić information content (AvgIpc) is 3.12. The van der Waals surface area contributed by atoms with Gasteiger partial charge in [-0.2, -0.15) is 0 Å². The van der Waals surface area contributed by atoms with Crippen LogP contribution in [0.4, 0.5) is 0 Å². The highest BCUT2D eigenvalue weighted by atomic mass is 16.3. The number of benzene rings is 4. The van der Waals surface area contributed by atoms with Crippen molar-refractivity contribution in [1.82, 2.24) is 0 Å². The molecule has 2 nitrogen and oxygen atoms in total. The number of hydrogen-bond donors (Lipinski definition) is 1. The molecular formula is C27H21NO. The summed E-state index contributed by atoms with van der Waals surface area (Å²) in [6.07, 6.45) is -0.731. The number of hydrogen-bond acceptors (Lipinski definition) is 2. The number of aliphatic hydroxyl groups excluding tert-OH is 1. The summed E-state index contributed by atoms with van der Waals surface area (Å²) in [5, 5.41) is 11.3. The number of aliphatic hydroxyl groups is 1. The van der Waals surface area contributed by atoms with E-state index in [0.29, 0.717) is 0 Å². The van der Waals surface area contributed by atoms with Gasteiger partial charge in [0, 0.05) is 11.1 Å². The number of nitrogens with zero attached hydrogens (tertiary/aromatic N) is 1. The van der Waals surface area contributed by atoms with Gasteiger partial charge >= 0.3 is 0 Å². The van der Waals surface area contributed by atoms with Crippen LogP contribution in [0.15, 0.2) is 114 Å². The fourth-order valence-corrected chi connectivity index (χ4v) is 4.08. The van der Waals surface area contributed by atoms with Gasteiger partial charge in [0.25, 0.3) is 0 Å². The number of fused-ring (bicyclic) bond motifs is 3. The van der Waals surface area contributed by atoms with Gasteiger partial charge in [0.2, 0.25) is 0 Å². The first-order valence-corrected chi connectivity index (χ1v) is 9.88. The highest BCUT2D eigenvalue weighted by Crippen LogP contribution is 2.40. The van der Waals surface area contributed by atoms with Crippen LogP contribution in [0.5, 0.6) is 0 Å². The molecule has 0 bridgehead atoms. The highest BCUT2D eigenvalue weighted by molar-refractivity contribution is 6.24. The highest BCUT2D eigenvalue weighted by Gasteiger charge is 2.28. The third kappa shape index (κ3) is 3.18. The molecule has 1 N–H and O–H groups in total. The lowest BCUT2D eigenvalue weighted by Crippen LogP contribution is -2.12. The Hall–Kier alpha value is -3.49. The predicted octanol–water partition coefficient (Wildman–Crippen LogP) is 5.98. The molecule has 0 saturated carbocycles. The molecule has 0 amide bonds. The molecule has 4 aromatic carbocycles. The molecule has 0 aromatic heterocycles. The van der Waals surface area contributed by atoms with Crippen molar-refractivity contribution < 1.29 is 5.11 Å². The van der Waals surface area contributed by atoms with E-state index < -0.39 is 12.1 Å². The molecule has 29 heavy (non-hydrogen) atoms. The number of aliphatic imine (C=N–C) groups is 1. The molecule has 0 heterocycles. The molecule has 5 rings (SSSR count). The van der Waals surface area contributed by atoms with Crippen LogP contribution in [-0.2, 0) is 0 Å². The van der Waals surface area contributed by atoms with Gasteiger partial charge in [0.1, 0.15) is 12.1 Å². The zero-order valence-electron chi connectivity index (χ0n) is 15.9. The quantitative estimate of drug-likeness (QED) is 0.412. The van der Waals surface area contributed by atoms with Crippen LogP contribution in [0.3, 0.4) is 0 Å². The Labute approximate surface area is 170 Å². The molecule has 0 fully saturated rings. The molecule has 2 unspecified atom stereocenters. The Morgan fingerprint density at radius 3 is 1.41 bits per heavy atom. The number of rotatable bonds is 4. The Morgan fingerprint density at radius 1 is 0.483 bits per heavy atom. The van der Waals surface area contributed by atoms with Crippen molar-refractivity contribution in [2.45, 2.75) is 12.1 Å². The van der Waals surface area contributed by atoms with Crippen LogP contribution >= 0.6 is 0 Å². The predicted molar refractivity (Wildman–Crippen MR) is 118 cm³/mol. The lowest BCUT2D eigenvalue weighted by molar-refractivity contribution is 0.148. The van der Waals surface area contributed by atoms with Crippen LogP contribution in [0, 0.1) is 0 Å². The molecular weight excluding hydrogens is 354 g/mol. The van der Waals surface area contributed by atoms with E-state index in [9.17, 15) is 5.11 Å². The molecule has 2 heteroatoms. The summed E-state index contributed by atoms with van der Waals surface area (Å²) in [7, 11) is 0. The van der Waals surface area contributed by atoms with Gasteiger partial charge < -0.3 is 5.11 Å². The smallest absolute Gasteiger partial charge is 0.106 e. The van der Waals surface area contributed by atoms with Gasteiger partial charge in [0.15, 0.2) is 0 Å². The fourth-order valence-electron chi connectivity index (χ4n) is 4.08. The standard InChI is InChI=1S/C27H21NO/c29-27(20-13-5-2-6-14-20)25(19-11-3-1-4-12-19)28-26-23-17-9-7-15-21(23)22-16-8-10-18-24(22)26/h1-18,25,27,29H. The first-order valence-electron chi connectivity index (χ1n) is 9.88. The fraction of sp³-hybridized carbons (Fsp3) is 0.0741. The van der Waals surface area contributed by atoms with Crippen molar-refractivity contribution in [3.63, 3.8) is 0 Å². The van der Waals surface area contributed by atoms with Gasteiger partial charge in [-0.3, -0.25) is 4.99 Å². The second-order valence-corrected chi connectivity index (χ2v) is 7.28. The summed E-state index contributed by atoms with van der Waals surface area (Å²) in [5.41, 5.74) is 7.44. The Bertz CT molecular complexity index is 1120. The molecule has 0 saturated heterocycles. The maximum atomic E-state index is 11.3. The molecule has 0 radical (unpaired) electrons. The van der Waals surface area contributed by atoms with Gasteiger partial charge in [0.05, 0.1) is 5.71 Å². The summed E-state index contributed by atoms with van der Waals surface area (Å²) in [6.45, 7) is 0. The molecule has 1 aliphatic carbocycles. The Morgan fingerprint density at radius 2 is 0.897 bits per heavy atom. The normalized spacial score (nSPS) is 14.0. The largest absolute Gasteiger partial charge is 0.386 e. The van der Waals surface area contributed by atoms with Crippen molar-refractivity contribution in [3.05, 3.63) is 131 Å². The van der Waals surface area contributed by atoms with Crippen molar-refractivity contribution in [1.29, 1.82) is 0 Å². The van der Waals surface area contributed by atoms with E-state index in [1.807, 2.05) is 72.8 Å². The van der Waals surface area contributed by atoms with E-state index in [4.69, 9.17) is 4.99 Å². The van der Waals surface area contributed by atoms with E-state index in [0.717, 1.165) is 28.0 Å². The Balaban J connectivity index is 1.69. The van der Waals surface area contributed by atoms with E-state index in [1.54, 1.807) is 0 Å². The molecule has 0 spiro atoms. The second kappa shape index (κ2) is 7.50. The van der Waals surface area contributed by atoms with Gasteiger partial charge in [-0.25, -0.2) is 0 Å². The van der Waals surface area contributed by atoms with E-state index >= 15 is 0 Å². The average molecular weight is 375 g/mol. The van der Waals surface area contributed by atoms with Crippen molar-refractivity contribution >= 4 is 5.71 Å². The maximum Gasteiger partial charge on any atom is 0.106 e. The third-order valence-electron chi connectivity index (χ3n) is 5.50. The monoisotopic (exact) mass is 375 g/mol. The SMILES string of the molecule is OC(c1ccccc1)C(N=C1c2ccccc2-c2ccccc21)c1ccccc1.